The van der Waals surface area contributed by atoms with Crippen LogP contribution in [0.25, 0.3) is 0 Å². The lowest BCUT2D eigenvalue weighted by Crippen LogP contribution is -2.40. The summed E-state index contributed by atoms with van der Waals surface area (Å²) in [5, 5.41) is 3.64. The third-order valence-electron chi connectivity index (χ3n) is 4.36. The number of ether oxygens (including phenoxy) is 1. The summed E-state index contributed by atoms with van der Waals surface area (Å²) in [4.78, 5) is 14.5. The van der Waals surface area contributed by atoms with Crippen LogP contribution in [0.3, 0.4) is 0 Å². The summed E-state index contributed by atoms with van der Waals surface area (Å²) in [6.07, 6.45) is 2.40. The number of hydrogen-bond acceptors (Lipinski definition) is 4. The second-order valence-corrected chi connectivity index (χ2v) is 7.19. The van der Waals surface area contributed by atoms with E-state index in [-0.39, 0.29) is 5.91 Å². The van der Waals surface area contributed by atoms with Gasteiger partial charge in [0, 0.05) is 30.4 Å². The lowest BCUT2D eigenvalue weighted by molar-refractivity contribution is 0.0303. The third-order valence-corrected chi connectivity index (χ3v) is 5.41. The first-order chi connectivity index (χ1) is 10.7. The van der Waals surface area contributed by atoms with E-state index in [0.717, 1.165) is 11.3 Å². The lowest BCUT2D eigenvalue weighted by atomic mass is 10.1. The van der Waals surface area contributed by atoms with Crippen LogP contribution in [0.2, 0.25) is 0 Å². The van der Waals surface area contributed by atoms with Crippen LogP contribution in [0.1, 0.15) is 28.8 Å². The van der Waals surface area contributed by atoms with E-state index in [2.05, 4.69) is 12.2 Å². The summed E-state index contributed by atoms with van der Waals surface area (Å²) >= 11 is 2.03. The fourth-order valence-corrected chi connectivity index (χ4v) is 4.03. The molecule has 120 valence electrons. The zero-order valence-corrected chi connectivity index (χ0v) is 14.0. The van der Waals surface area contributed by atoms with E-state index in [9.17, 15) is 4.79 Å². The zero-order chi connectivity index (χ0) is 15.4. The van der Waals surface area contributed by atoms with Gasteiger partial charge in [0.25, 0.3) is 5.91 Å². The van der Waals surface area contributed by atoms with Crippen molar-refractivity contribution in [3.8, 4) is 0 Å². The van der Waals surface area contributed by atoms with Gasteiger partial charge in [-0.05, 0) is 49.0 Å². The Morgan fingerprint density at radius 3 is 2.73 bits per heavy atom. The topological polar surface area (TPSA) is 41.6 Å². The van der Waals surface area contributed by atoms with Gasteiger partial charge in [-0.25, -0.2) is 0 Å². The molecule has 0 saturated carbocycles. The van der Waals surface area contributed by atoms with E-state index < -0.39 is 0 Å². The highest BCUT2D eigenvalue weighted by Crippen LogP contribution is 2.24. The monoisotopic (exact) mass is 320 g/mol. The van der Waals surface area contributed by atoms with Crippen LogP contribution in [0, 0.1) is 6.92 Å². The number of nitrogens with zero attached hydrogens (tertiary/aromatic N) is 1. The largest absolute Gasteiger partial charge is 0.382 e. The SMILES string of the molecule is Cc1ccc(C(=O)N2CCOCC2)cc1NC1CCSCC1. The Bertz CT molecular complexity index is 523. The number of rotatable bonds is 3. The molecule has 1 aromatic rings. The molecule has 22 heavy (non-hydrogen) atoms. The Morgan fingerprint density at radius 2 is 2.00 bits per heavy atom. The number of benzene rings is 1. The van der Waals surface area contributed by atoms with Gasteiger partial charge in [0.1, 0.15) is 0 Å². The van der Waals surface area contributed by atoms with Crippen molar-refractivity contribution in [1.29, 1.82) is 0 Å². The second-order valence-electron chi connectivity index (χ2n) is 5.97. The number of amides is 1. The van der Waals surface area contributed by atoms with Crippen LogP contribution >= 0.6 is 11.8 Å². The molecular formula is C17H24N2O2S. The maximum atomic E-state index is 12.6. The molecule has 2 fully saturated rings. The van der Waals surface area contributed by atoms with Crippen molar-refractivity contribution in [3.05, 3.63) is 29.3 Å². The van der Waals surface area contributed by atoms with E-state index in [0.29, 0.717) is 32.3 Å². The highest BCUT2D eigenvalue weighted by molar-refractivity contribution is 7.99. The number of thioether (sulfide) groups is 1. The Hall–Kier alpha value is -1.20. The predicted molar refractivity (Wildman–Crippen MR) is 91.9 cm³/mol. The van der Waals surface area contributed by atoms with Crippen molar-refractivity contribution < 1.29 is 9.53 Å². The van der Waals surface area contributed by atoms with Crippen molar-refractivity contribution >= 4 is 23.4 Å². The average Bonchev–Trinajstić information content (AvgIpc) is 2.58. The Morgan fingerprint density at radius 1 is 1.27 bits per heavy atom. The molecule has 0 atom stereocenters. The third kappa shape index (κ3) is 3.76. The molecule has 2 saturated heterocycles. The van der Waals surface area contributed by atoms with Crippen molar-refractivity contribution in [1.82, 2.24) is 4.90 Å². The van der Waals surface area contributed by atoms with Gasteiger partial charge in [0.15, 0.2) is 0 Å². The summed E-state index contributed by atoms with van der Waals surface area (Å²) in [6.45, 7) is 4.76. The molecule has 1 N–H and O–H groups in total. The number of carbonyl (C=O) groups is 1. The molecular weight excluding hydrogens is 296 g/mol. The minimum atomic E-state index is 0.116. The Kier molecular flexibility index (Phi) is 5.26. The number of hydrogen-bond donors (Lipinski definition) is 1. The first kappa shape index (κ1) is 15.7. The standard InChI is InChI=1S/C17H24N2O2S/c1-13-2-3-14(17(20)19-6-8-21-9-7-19)12-16(13)18-15-4-10-22-11-5-15/h2-3,12,15,18H,4-11H2,1H3. The minimum absolute atomic E-state index is 0.116. The van der Waals surface area contributed by atoms with E-state index >= 15 is 0 Å². The summed E-state index contributed by atoms with van der Waals surface area (Å²) in [6, 6.07) is 6.55. The predicted octanol–water partition coefficient (Wildman–Crippen LogP) is 2.77. The van der Waals surface area contributed by atoms with Crippen molar-refractivity contribution in [2.45, 2.75) is 25.8 Å². The van der Waals surface area contributed by atoms with Gasteiger partial charge < -0.3 is 15.0 Å². The van der Waals surface area contributed by atoms with Crippen LogP contribution in [0.4, 0.5) is 5.69 Å². The number of anilines is 1. The fraction of sp³-hybridized carbons (Fsp3) is 0.588. The van der Waals surface area contributed by atoms with Crippen LogP contribution in [-0.4, -0.2) is 54.7 Å². The molecule has 0 spiro atoms. The van der Waals surface area contributed by atoms with Gasteiger partial charge in [0.05, 0.1) is 13.2 Å². The lowest BCUT2D eigenvalue weighted by Gasteiger charge is -2.28. The normalized spacial score (nSPS) is 20.0. The van der Waals surface area contributed by atoms with Crippen LogP contribution in [0.5, 0.6) is 0 Å². The summed E-state index contributed by atoms with van der Waals surface area (Å²) in [7, 11) is 0. The van der Waals surface area contributed by atoms with E-state index in [1.165, 1.54) is 29.9 Å². The van der Waals surface area contributed by atoms with Gasteiger partial charge in [0.2, 0.25) is 0 Å². The van der Waals surface area contributed by atoms with Gasteiger partial charge in [-0.3, -0.25) is 4.79 Å². The molecule has 0 unspecified atom stereocenters. The highest BCUT2D eigenvalue weighted by atomic mass is 32.2. The smallest absolute Gasteiger partial charge is 0.254 e. The maximum Gasteiger partial charge on any atom is 0.254 e. The molecule has 0 bridgehead atoms. The molecule has 5 heteroatoms. The van der Waals surface area contributed by atoms with Crippen LogP contribution in [-0.2, 0) is 4.74 Å². The maximum absolute atomic E-state index is 12.6. The minimum Gasteiger partial charge on any atom is -0.382 e. The second kappa shape index (κ2) is 7.38. The molecule has 2 aliphatic heterocycles. The molecule has 0 aliphatic carbocycles. The summed E-state index contributed by atoms with van der Waals surface area (Å²) in [5.74, 6) is 2.57. The Labute approximate surface area is 136 Å². The van der Waals surface area contributed by atoms with E-state index in [1.807, 2.05) is 34.9 Å². The van der Waals surface area contributed by atoms with Crippen LogP contribution < -0.4 is 5.32 Å². The zero-order valence-electron chi connectivity index (χ0n) is 13.1. The van der Waals surface area contributed by atoms with Crippen molar-refractivity contribution in [3.63, 3.8) is 0 Å². The molecule has 0 radical (unpaired) electrons. The van der Waals surface area contributed by atoms with Crippen molar-refractivity contribution in [2.75, 3.05) is 43.1 Å². The molecule has 0 aromatic heterocycles. The molecule has 4 nitrogen and oxygen atoms in total. The first-order valence-electron chi connectivity index (χ1n) is 8.06. The Balaban J connectivity index is 1.72. The van der Waals surface area contributed by atoms with Gasteiger partial charge in [-0.1, -0.05) is 6.07 Å². The molecule has 2 aliphatic rings. The number of aryl methyl sites for hydroxylation is 1. The number of carbonyl (C=O) groups excluding carboxylic acids is 1. The summed E-state index contributed by atoms with van der Waals surface area (Å²) in [5.41, 5.74) is 3.09. The first-order valence-corrected chi connectivity index (χ1v) is 9.21. The van der Waals surface area contributed by atoms with E-state index in [1.54, 1.807) is 0 Å². The van der Waals surface area contributed by atoms with Crippen molar-refractivity contribution in [2.24, 2.45) is 0 Å². The average molecular weight is 320 g/mol. The van der Waals surface area contributed by atoms with Gasteiger partial charge in [-0.15, -0.1) is 0 Å². The fourth-order valence-electron chi connectivity index (χ4n) is 2.92. The highest BCUT2D eigenvalue weighted by Gasteiger charge is 2.20. The molecule has 1 aromatic carbocycles. The van der Waals surface area contributed by atoms with Crippen LogP contribution in [0.15, 0.2) is 18.2 Å². The molecule has 1 amide bonds. The molecule has 3 rings (SSSR count). The van der Waals surface area contributed by atoms with Gasteiger partial charge >= 0.3 is 0 Å². The quantitative estimate of drug-likeness (QED) is 0.930. The number of nitrogens with one attached hydrogen (secondary N) is 1. The number of morpholine rings is 1. The summed E-state index contributed by atoms with van der Waals surface area (Å²) < 4.78 is 5.32. The molecule has 2 heterocycles. The van der Waals surface area contributed by atoms with E-state index in [4.69, 9.17) is 4.74 Å². The van der Waals surface area contributed by atoms with Gasteiger partial charge in [-0.2, -0.15) is 11.8 Å².